The maximum atomic E-state index is 5.39. The van der Waals surface area contributed by atoms with Crippen molar-refractivity contribution < 1.29 is 4.84 Å². The van der Waals surface area contributed by atoms with Crippen LogP contribution in [0.1, 0.15) is 6.42 Å². The third-order valence-corrected chi connectivity index (χ3v) is 0.895. The van der Waals surface area contributed by atoms with Crippen molar-refractivity contribution in [2.45, 2.75) is 6.42 Å². The Morgan fingerprint density at radius 2 is 2.12 bits per heavy atom. The number of hydrogen-bond acceptors (Lipinski definition) is 2. The number of nitrogens with zero attached hydrogens (tertiary/aromatic N) is 1. The maximum Gasteiger partial charge on any atom is 0.0696 e. The second-order valence-electron chi connectivity index (χ2n) is 1.69. The summed E-state index contributed by atoms with van der Waals surface area (Å²) in [6.07, 6.45) is 0.916. The van der Waals surface area contributed by atoms with Crippen molar-refractivity contribution in [2.75, 3.05) is 26.6 Å². The summed E-state index contributed by atoms with van der Waals surface area (Å²) >= 11 is 5.39. The number of rotatable bonds is 4. The summed E-state index contributed by atoms with van der Waals surface area (Å²) in [5.41, 5.74) is 0. The third-order valence-electron chi connectivity index (χ3n) is 0.627. The average Bonchev–Trinajstić information content (AvgIpc) is 1.66. The van der Waals surface area contributed by atoms with Crippen LogP contribution in [0.2, 0.25) is 0 Å². The molecule has 0 heterocycles. The maximum absolute atomic E-state index is 5.39. The molecule has 0 unspecified atom stereocenters. The number of hydrogen-bond donors (Lipinski definition) is 0. The van der Waals surface area contributed by atoms with Gasteiger partial charge in [0.05, 0.1) is 6.61 Å². The second-order valence-corrected chi connectivity index (χ2v) is 2.07. The molecule has 2 nitrogen and oxygen atoms in total. The predicted octanol–water partition coefficient (Wildman–Crippen LogP) is 1.11. The highest BCUT2D eigenvalue weighted by Crippen LogP contribution is 1.86. The minimum atomic E-state index is 0.674. The van der Waals surface area contributed by atoms with Gasteiger partial charge in [-0.25, -0.2) is 0 Å². The second kappa shape index (κ2) is 5.35. The molecule has 0 rings (SSSR count). The molecule has 0 radical (unpaired) electrons. The smallest absolute Gasteiger partial charge is 0.0696 e. The van der Waals surface area contributed by atoms with E-state index in [4.69, 9.17) is 16.4 Å². The summed E-state index contributed by atoms with van der Waals surface area (Å²) < 4.78 is 0. The molecule has 0 bridgehead atoms. The van der Waals surface area contributed by atoms with Gasteiger partial charge in [-0.15, -0.1) is 11.6 Å². The summed E-state index contributed by atoms with van der Waals surface area (Å²) in [7, 11) is 3.71. The van der Waals surface area contributed by atoms with Gasteiger partial charge in [0.25, 0.3) is 0 Å². The van der Waals surface area contributed by atoms with Gasteiger partial charge < -0.3 is 0 Å². The number of halogens is 1. The van der Waals surface area contributed by atoms with E-state index in [0.717, 1.165) is 13.0 Å². The van der Waals surface area contributed by atoms with Gasteiger partial charge in [-0.1, -0.05) is 0 Å². The lowest BCUT2D eigenvalue weighted by atomic mass is 10.5. The van der Waals surface area contributed by atoms with E-state index in [1.807, 2.05) is 14.1 Å². The van der Waals surface area contributed by atoms with E-state index in [9.17, 15) is 0 Å². The summed E-state index contributed by atoms with van der Waals surface area (Å²) in [6, 6.07) is 0. The molecule has 0 aliphatic rings. The van der Waals surface area contributed by atoms with Gasteiger partial charge in [0.1, 0.15) is 0 Å². The molecule has 3 heteroatoms. The van der Waals surface area contributed by atoms with Crippen LogP contribution in [-0.2, 0) is 4.84 Å². The van der Waals surface area contributed by atoms with E-state index in [1.165, 1.54) is 0 Å². The van der Waals surface area contributed by atoms with Crippen LogP contribution >= 0.6 is 11.6 Å². The summed E-state index contributed by atoms with van der Waals surface area (Å²) in [5.74, 6) is 0.674. The normalized spacial score (nSPS) is 10.5. The van der Waals surface area contributed by atoms with Crippen molar-refractivity contribution in [3.63, 3.8) is 0 Å². The van der Waals surface area contributed by atoms with Crippen molar-refractivity contribution in [3.8, 4) is 0 Å². The molecule has 0 aromatic heterocycles. The van der Waals surface area contributed by atoms with E-state index < -0.39 is 0 Å². The zero-order valence-electron chi connectivity index (χ0n) is 5.35. The molecular weight excluding hydrogens is 126 g/mol. The van der Waals surface area contributed by atoms with Crippen molar-refractivity contribution >= 4 is 11.6 Å². The molecule has 0 aliphatic carbocycles. The molecule has 0 saturated carbocycles. The van der Waals surface area contributed by atoms with Crippen molar-refractivity contribution in [3.05, 3.63) is 0 Å². The minimum Gasteiger partial charge on any atom is -0.300 e. The molecule has 0 atom stereocenters. The lowest BCUT2D eigenvalue weighted by Crippen LogP contribution is -2.13. The minimum absolute atomic E-state index is 0.674. The Morgan fingerprint density at radius 3 is 2.50 bits per heavy atom. The lowest BCUT2D eigenvalue weighted by molar-refractivity contribution is -0.118. The first kappa shape index (κ1) is 8.21. The Morgan fingerprint density at radius 1 is 1.50 bits per heavy atom. The Kier molecular flexibility index (Phi) is 5.49. The van der Waals surface area contributed by atoms with Crippen LogP contribution in [0.25, 0.3) is 0 Å². The first-order chi connectivity index (χ1) is 3.77. The van der Waals surface area contributed by atoms with Crippen LogP contribution in [-0.4, -0.2) is 31.6 Å². The molecule has 0 aromatic rings. The third kappa shape index (κ3) is 6.21. The molecular formula is C5H12ClNO. The van der Waals surface area contributed by atoms with Gasteiger partial charge in [-0.3, -0.25) is 4.84 Å². The fraction of sp³-hybridized carbons (Fsp3) is 1.00. The monoisotopic (exact) mass is 137 g/mol. The molecule has 50 valence electrons. The Balaban J connectivity index is 2.72. The molecule has 0 spiro atoms. The highest BCUT2D eigenvalue weighted by Gasteiger charge is 1.86. The number of alkyl halides is 1. The fourth-order valence-electron chi connectivity index (χ4n) is 0.302. The lowest BCUT2D eigenvalue weighted by Gasteiger charge is -2.07. The number of hydroxylamine groups is 2. The van der Waals surface area contributed by atoms with Crippen molar-refractivity contribution in [1.29, 1.82) is 0 Å². The van der Waals surface area contributed by atoms with Crippen LogP contribution in [0.5, 0.6) is 0 Å². The zero-order chi connectivity index (χ0) is 6.41. The SMILES string of the molecule is CN(C)OCCCCl. The van der Waals surface area contributed by atoms with Crippen molar-refractivity contribution in [1.82, 2.24) is 5.06 Å². The first-order valence-corrected chi connectivity index (χ1v) is 3.17. The molecule has 0 amide bonds. The Hall–Kier alpha value is 0.210. The average molecular weight is 138 g/mol. The van der Waals surface area contributed by atoms with Crippen LogP contribution in [0.3, 0.4) is 0 Å². The molecule has 8 heavy (non-hydrogen) atoms. The Bertz CT molecular complexity index is 49.7. The Labute approximate surface area is 55.3 Å². The molecule has 0 N–H and O–H groups in total. The van der Waals surface area contributed by atoms with Gasteiger partial charge in [0, 0.05) is 20.0 Å². The summed E-state index contributed by atoms with van der Waals surface area (Å²) in [6.45, 7) is 0.719. The van der Waals surface area contributed by atoms with Gasteiger partial charge in [0.2, 0.25) is 0 Å². The van der Waals surface area contributed by atoms with Gasteiger partial charge in [-0.2, -0.15) is 5.06 Å². The topological polar surface area (TPSA) is 12.5 Å². The summed E-state index contributed by atoms with van der Waals surface area (Å²) in [5, 5.41) is 1.67. The quantitative estimate of drug-likeness (QED) is 0.327. The van der Waals surface area contributed by atoms with E-state index >= 15 is 0 Å². The molecule has 0 saturated heterocycles. The summed E-state index contributed by atoms with van der Waals surface area (Å²) in [4.78, 5) is 5.03. The van der Waals surface area contributed by atoms with Gasteiger partial charge >= 0.3 is 0 Å². The zero-order valence-corrected chi connectivity index (χ0v) is 6.11. The highest BCUT2D eigenvalue weighted by atomic mass is 35.5. The first-order valence-electron chi connectivity index (χ1n) is 2.63. The standard InChI is InChI=1S/C5H12ClNO/c1-7(2)8-5-3-4-6/h3-5H2,1-2H3. The van der Waals surface area contributed by atoms with E-state index in [0.29, 0.717) is 5.88 Å². The largest absolute Gasteiger partial charge is 0.300 e. The van der Waals surface area contributed by atoms with E-state index in [2.05, 4.69) is 0 Å². The highest BCUT2D eigenvalue weighted by molar-refractivity contribution is 6.17. The molecule has 0 aromatic carbocycles. The van der Waals surface area contributed by atoms with E-state index in [-0.39, 0.29) is 0 Å². The van der Waals surface area contributed by atoms with E-state index in [1.54, 1.807) is 5.06 Å². The molecule has 0 aliphatic heterocycles. The van der Waals surface area contributed by atoms with Crippen LogP contribution in [0.4, 0.5) is 0 Å². The van der Waals surface area contributed by atoms with Crippen molar-refractivity contribution in [2.24, 2.45) is 0 Å². The van der Waals surface area contributed by atoms with Crippen LogP contribution < -0.4 is 0 Å². The molecule has 0 fully saturated rings. The van der Waals surface area contributed by atoms with Crippen LogP contribution in [0.15, 0.2) is 0 Å². The fourth-order valence-corrected chi connectivity index (χ4v) is 0.411. The predicted molar refractivity (Wildman–Crippen MR) is 35.0 cm³/mol. The van der Waals surface area contributed by atoms with Gasteiger partial charge in [0.15, 0.2) is 0 Å². The van der Waals surface area contributed by atoms with Crippen LogP contribution in [0, 0.1) is 0 Å². The van der Waals surface area contributed by atoms with Gasteiger partial charge in [-0.05, 0) is 6.42 Å².